The molecule has 0 aliphatic heterocycles. The van der Waals surface area contributed by atoms with Crippen molar-refractivity contribution >= 4 is 72.3 Å². The lowest BCUT2D eigenvalue weighted by Gasteiger charge is -2.20. The number of benzene rings is 2. The van der Waals surface area contributed by atoms with Crippen LogP contribution < -0.4 is 9.47 Å². The number of hydrogen-bond acceptors (Lipinski definition) is 10. The van der Waals surface area contributed by atoms with Crippen molar-refractivity contribution in [1.82, 2.24) is 0 Å². The van der Waals surface area contributed by atoms with E-state index in [0.29, 0.717) is 12.1 Å². The van der Waals surface area contributed by atoms with E-state index in [1.165, 1.54) is 0 Å². The van der Waals surface area contributed by atoms with E-state index in [1.54, 1.807) is 0 Å². The average Bonchev–Trinajstić information content (AvgIpc) is 2.63. The lowest BCUT2D eigenvalue weighted by Crippen LogP contribution is -2.15. The van der Waals surface area contributed by atoms with Crippen LogP contribution in [0.25, 0.3) is 11.1 Å². The van der Waals surface area contributed by atoms with Crippen LogP contribution in [0.4, 0.5) is 0 Å². The molecule has 2 rings (SSSR count). The van der Waals surface area contributed by atoms with E-state index in [0.717, 1.165) is 14.2 Å². The van der Waals surface area contributed by atoms with Crippen molar-refractivity contribution in [2.45, 2.75) is 19.6 Å². The fourth-order valence-electron chi connectivity index (χ4n) is 2.86. The standard InChI is InChI=1S/C14H12Br2O14S4/c1-29-7-3-5(11(31(17,18)19)13(9(7)15)33(23,24)25)6-4-8(30-2)10(16)14(34(26,27)28)12(6)32(20,21)22/h3-4H,1-2H3,(H,17,18,19)(H,20,21,22)(H,23,24,25)(H,26,27,28). The number of ether oxygens (including phenoxy) is 2. The number of methoxy groups -OCH3 is 2. The van der Waals surface area contributed by atoms with Crippen LogP contribution >= 0.6 is 31.9 Å². The zero-order valence-electron chi connectivity index (χ0n) is 16.4. The molecule has 0 amide bonds. The largest absolute Gasteiger partial charge is 0.496 e. The summed E-state index contributed by atoms with van der Waals surface area (Å²) in [6.07, 6.45) is 0. The average molecular weight is 692 g/mol. The normalized spacial score (nSPS) is 13.1. The van der Waals surface area contributed by atoms with Gasteiger partial charge in [0.1, 0.15) is 31.1 Å². The van der Waals surface area contributed by atoms with Crippen molar-refractivity contribution in [3.63, 3.8) is 0 Å². The van der Waals surface area contributed by atoms with Crippen molar-refractivity contribution in [2.24, 2.45) is 0 Å². The molecule has 2 aromatic rings. The van der Waals surface area contributed by atoms with Gasteiger partial charge in [-0.1, -0.05) is 0 Å². The van der Waals surface area contributed by atoms with Crippen molar-refractivity contribution in [3.05, 3.63) is 21.1 Å². The minimum Gasteiger partial charge on any atom is -0.496 e. The predicted molar refractivity (Wildman–Crippen MR) is 120 cm³/mol. The molecule has 0 aliphatic rings. The molecule has 0 fully saturated rings. The summed E-state index contributed by atoms with van der Waals surface area (Å²) >= 11 is 5.39. The van der Waals surface area contributed by atoms with Crippen LogP contribution in [0.2, 0.25) is 0 Å². The molecule has 0 bridgehead atoms. The van der Waals surface area contributed by atoms with Gasteiger partial charge in [0.05, 0.1) is 23.2 Å². The topological polar surface area (TPSA) is 236 Å². The first-order chi connectivity index (χ1) is 15.2. The Labute approximate surface area is 210 Å². The minimum atomic E-state index is -5.65. The maximum absolute atomic E-state index is 12.2. The van der Waals surface area contributed by atoms with Gasteiger partial charge in [-0.2, -0.15) is 33.7 Å². The third-order valence-corrected chi connectivity index (χ3v) is 10.1. The van der Waals surface area contributed by atoms with Crippen LogP contribution in [0, 0.1) is 0 Å². The molecule has 0 aliphatic carbocycles. The van der Waals surface area contributed by atoms with E-state index < -0.39 is 91.6 Å². The third-order valence-electron chi connectivity index (χ3n) is 4.05. The summed E-state index contributed by atoms with van der Waals surface area (Å²) < 4.78 is 144. The number of rotatable bonds is 7. The molecule has 14 nitrogen and oxygen atoms in total. The molecule has 0 atom stereocenters. The maximum Gasteiger partial charge on any atom is 0.297 e. The van der Waals surface area contributed by atoms with Crippen molar-refractivity contribution in [3.8, 4) is 22.6 Å². The van der Waals surface area contributed by atoms with Gasteiger partial charge in [-0.3, -0.25) is 18.2 Å². The molecule has 0 heterocycles. The van der Waals surface area contributed by atoms with Crippen LogP contribution in [0.5, 0.6) is 11.5 Å². The van der Waals surface area contributed by atoms with Gasteiger partial charge in [-0.25, -0.2) is 0 Å². The fourth-order valence-corrected chi connectivity index (χ4v) is 9.47. The molecule has 0 unspecified atom stereocenters. The first-order valence-electron chi connectivity index (χ1n) is 7.89. The second-order valence-electron chi connectivity index (χ2n) is 6.10. The summed E-state index contributed by atoms with van der Waals surface area (Å²) in [5.41, 5.74) is -2.17. The fraction of sp³-hybridized carbons (Fsp3) is 0.143. The van der Waals surface area contributed by atoms with Crippen molar-refractivity contribution in [2.75, 3.05) is 14.2 Å². The van der Waals surface area contributed by atoms with E-state index in [4.69, 9.17) is 9.47 Å². The van der Waals surface area contributed by atoms with Gasteiger partial charge in [0.25, 0.3) is 40.5 Å². The highest BCUT2D eigenvalue weighted by Gasteiger charge is 2.38. The SMILES string of the molecule is COc1cc(-c2cc(OC)c(Br)c(S(=O)(=O)O)c2S(=O)(=O)O)c(S(=O)(=O)O)c(S(=O)(=O)O)c1Br. The predicted octanol–water partition coefficient (Wildman–Crippen LogP) is 1.88. The van der Waals surface area contributed by atoms with Crippen LogP contribution in [0.15, 0.2) is 40.7 Å². The number of halogens is 2. The second-order valence-corrected chi connectivity index (χ2v) is 13.1. The van der Waals surface area contributed by atoms with Gasteiger partial charge in [-0.05, 0) is 44.0 Å². The monoisotopic (exact) mass is 690 g/mol. The quantitative estimate of drug-likeness (QED) is 0.304. The molecule has 0 saturated carbocycles. The molecule has 0 radical (unpaired) electrons. The summed E-state index contributed by atoms with van der Waals surface area (Å²) in [5, 5.41) is 0. The molecule has 190 valence electrons. The summed E-state index contributed by atoms with van der Waals surface area (Å²) in [4.78, 5) is -6.28. The Morgan fingerprint density at radius 2 is 0.794 bits per heavy atom. The zero-order valence-corrected chi connectivity index (χ0v) is 22.9. The van der Waals surface area contributed by atoms with Gasteiger partial charge in [0.15, 0.2) is 0 Å². The summed E-state index contributed by atoms with van der Waals surface area (Å²) in [7, 11) is -20.4. The van der Waals surface area contributed by atoms with E-state index in [9.17, 15) is 51.9 Å². The first kappa shape index (κ1) is 28.9. The lowest BCUT2D eigenvalue weighted by atomic mass is 10.0. The van der Waals surface area contributed by atoms with E-state index in [2.05, 4.69) is 31.9 Å². The van der Waals surface area contributed by atoms with Gasteiger partial charge < -0.3 is 9.47 Å². The summed E-state index contributed by atoms with van der Waals surface area (Å²) in [5.74, 6) is -1.10. The van der Waals surface area contributed by atoms with Gasteiger partial charge in [-0.15, -0.1) is 0 Å². The molecular weight excluding hydrogens is 680 g/mol. The molecule has 20 heteroatoms. The molecule has 0 spiro atoms. The molecule has 4 N–H and O–H groups in total. The summed E-state index contributed by atoms with van der Waals surface area (Å²) in [6, 6.07) is 1.29. The van der Waals surface area contributed by atoms with Crippen molar-refractivity contribution in [1.29, 1.82) is 0 Å². The molecule has 34 heavy (non-hydrogen) atoms. The van der Waals surface area contributed by atoms with E-state index >= 15 is 0 Å². The Hall–Kier alpha value is -1.36. The highest BCUT2D eigenvalue weighted by atomic mass is 79.9. The molecule has 0 saturated heterocycles. The highest BCUT2D eigenvalue weighted by molar-refractivity contribution is 9.11. The smallest absolute Gasteiger partial charge is 0.297 e. The Bertz CT molecular complexity index is 1500. The van der Waals surface area contributed by atoms with Crippen LogP contribution in [-0.4, -0.2) is 66.1 Å². The Balaban J connectivity index is 3.51. The maximum atomic E-state index is 12.2. The summed E-state index contributed by atoms with van der Waals surface area (Å²) in [6.45, 7) is 0. The van der Waals surface area contributed by atoms with Crippen LogP contribution in [0.3, 0.4) is 0 Å². The van der Waals surface area contributed by atoms with Crippen LogP contribution in [-0.2, 0) is 40.5 Å². The number of hydrogen-bond donors (Lipinski definition) is 4. The van der Waals surface area contributed by atoms with Gasteiger partial charge >= 0.3 is 0 Å². The Morgan fingerprint density at radius 3 is 0.971 bits per heavy atom. The second kappa shape index (κ2) is 9.26. The molecule has 2 aromatic carbocycles. The third kappa shape index (κ3) is 5.39. The first-order valence-corrected chi connectivity index (χ1v) is 15.2. The Morgan fingerprint density at radius 1 is 0.559 bits per heavy atom. The van der Waals surface area contributed by atoms with Crippen molar-refractivity contribution < 1.29 is 61.4 Å². The van der Waals surface area contributed by atoms with Gasteiger partial charge in [0, 0.05) is 11.1 Å². The van der Waals surface area contributed by atoms with E-state index in [-0.39, 0.29) is 0 Å². The minimum absolute atomic E-state index is 0.549. The molecule has 0 aromatic heterocycles. The van der Waals surface area contributed by atoms with E-state index in [1.807, 2.05) is 0 Å². The molecular formula is C14H12Br2O14S4. The van der Waals surface area contributed by atoms with Crippen LogP contribution in [0.1, 0.15) is 0 Å². The van der Waals surface area contributed by atoms with Gasteiger partial charge in [0.2, 0.25) is 0 Å². The highest BCUT2D eigenvalue weighted by Crippen LogP contribution is 2.48. The Kier molecular flexibility index (Phi) is 7.86. The lowest BCUT2D eigenvalue weighted by molar-refractivity contribution is 0.406. The zero-order chi connectivity index (χ0) is 26.6.